The normalized spacial score (nSPS) is 10.8. The van der Waals surface area contributed by atoms with Crippen LogP contribution in [0.15, 0.2) is 18.3 Å². The van der Waals surface area contributed by atoms with Gasteiger partial charge >= 0.3 is 0 Å². The van der Waals surface area contributed by atoms with E-state index in [1.54, 1.807) is 12.3 Å². The van der Waals surface area contributed by atoms with Crippen molar-refractivity contribution in [3.8, 4) is 0 Å². The standard InChI is InChI=1S/C9H12N2O/c1-10-4-2-3-8-5-9(7-12)11-6-8/h2-3,5-7,10-11H,4H2,1H3. The average Bonchev–Trinajstić information content (AvgIpc) is 2.53. The van der Waals surface area contributed by atoms with E-state index in [1.807, 2.05) is 19.2 Å². The molecule has 2 N–H and O–H groups in total. The quantitative estimate of drug-likeness (QED) is 0.653. The Balaban J connectivity index is 2.57. The lowest BCUT2D eigenvalue weighted by Gasteiger charge is -1.86. The topological polar surface area (TPSA) is 44.9 Å². The number of hydrogen-bond acceptors (Lipinski definition) is 2. The van der Waals surface area contributed by atoms with E-state index >= 15 is 0 Å². The Morgan fingerprint density at radius 3 is 3.08 bits per heavy atom. The van der Waals surface area contributed by atoms with E-state index in [-0.39, 0.29) is 0 Å². The molecule has 12 heavy (non-hydrogen) atoms. The summed E-state index contributed by atoms with van der Waals surface area (Å²) >= 11 is 0. The maximum absolute atomic E-state index is 10.3. The molecule has 0 aliphatic carbocycles. The van der Waals surface area contributed by atoms with Gasteiger partial charge < -0.3 is 10.3 Å². The van der Waals surface area contributed by atoms with Gasteiger partial charge in [0, 0.05) is 12.7 Å². The summed E-state index contributed by atoms with van der Waals surface area (Å²) < 4.78 is 0. The summed E-state index contributed by atoms with van der Waals surface area (Å²) in [7, 11) is 1.89. The lowest BCUT2D eigenvalue weighted by atomic mass is 10.3. The highest BCUT2D eigenvalue weighted by Crippen LogP contribution is 2.02. The summed E-state index contributed by atoms with van der Waals surface area (Å²) in [6.45, 7) is 0.835. The number of aldehydes is 1. The number of aromatic nitrogens is 1. The van der Waals surface area contributed by atoms with Crippen molar-refractivity contribution in [1.29, 1.82) is 0 Å². The van der Waals surface area contributed by atoms with Gasteiger partial charge in [-0.05, 0) is 18.7 Å². The molecule has 0 radical (unpaired) electrons. The molecule has 0 saturated heterocycles. The second kappa shape index (κ2) is 4.51. The van der Waals surface area contributed by atoms with Crippen LogP contribution in [0.5, 0.6) is 0 Å². The molecule has 0 spiro atoms. The molecule has 0 aromatic carbocycles. The number of carbonyl (C=O) groups excluding carboxylic acids is 1. The Bertz CT molecular complexity index is 276. The van der Waals surface area contributed by atoms with Crippen molar-refractivity contribution in [3.05, 3.63) is 29.6 Å². The second-order valence-corrected chi connectivity index (χ2v) is 2.47. The smallest absolute Gasteiger partial charge is 0.166 e. The Hall–Kier alpha value is -1.35. The second-order valence-electron chi connectivity index (χ2n) is 2.47. The zero-order valence-corrected chi connectivity index (χ0v) is 7.00. The minimum absolute atomic E-state index is 0.610. The third kappa shape index (κ3) is 2.36. The Morgan fingerprint density at radius 1 is 1.67 bits per heavy atom. The predicted octanol–water partition coefficient (Wildman–Crippen LogP) is 1.06. The van der Waals surface area contributed by atoms with Crippen molar-refractivity contribution >= 4 is 12.4 Å². The van der Waals surface area contributed by atoms with E-state index in [2.05, 4.69) is 10.3 Å². The maximum Gasteiger partial charge on any atom is 0.166 e. The molecule has 0 atom stereocenters. The van der Waals surface area contributed by atoms with Gasteiger partial charge in [-0.3, -0.25) is 4.79 Å². The molecular formula is C9H12N2O. The summed E-state index contributed by atoms with van der Waals surface area (Å²) in [4.78, 5) is 13.1. The molecule has 3 heteroatoms. The number of rotatable bonds is 4. The molecule has 3 nitrogen and oxygen atoms in total. The molecule has 0 aliphatic heterocycles. The highest BCUT2D eigenvalue weighted by Gasteiger charge is 1.91. The largest absolute Gasteiger partial charge is 0.358 e. The summed E-state index contributed by atoms with van der Waals surface area (Å²) in [5, 5.41) is 2.99. The van der Waals surface area contributed by atoms with Gasteiger partial charge in [-0.25, -0.2) is 0 Å². The van der Waals surface area contributed by atoms with E-state index in [1.165, 1.54) is 0 Å². The summed E-state index contributed by atoms with van der Waals surface area (Å²) in [6.07, 6.45) is 6.56. The van der Waals surface area contributed by atoms with Gasteiger partial charge in [-0.15, -0.1) is 0 Å². The first kappa shape index (κ1) is 8.74. The molecule has 1 aromatic rings. The molecule has 0 fully saturated rings. The van der Waals surface area contributed by atoms with Gasteiger partial charge in [0.05, 0.1) is 5.69 Å². The summed E-state index contributed by atoms with van der Waals surface area (Å²) in [5.74, 6) is 0. The van der Waals surface area contributed by atoms with E-state index in [0.717, 1.165) is 18.4 Å². The third-order valence-electron chi connectivity index (χ3n) is 1.49. The van der Waals surface area contributed by atoms with Gasteiger partial charge in [0.2, 0.25) is 0 Å². The molecule has 0 saturated carbocycles. The minimum Gasteiger partial charge on any atom is -0.358 e. The van der Waals surface area contributed by atoms with E-state index in [4.69, 9.17) is 0 Å². The predicted molar refractivity (Wildman–Crippen MR) is 49.1 cm³/mol. The van der Waals surface area contributed by atoms with Crippen molar-refractivity contribution in [3.63, 3.8) is 0 Å². The van der Waals surface area contributed by atoms with Crippen LogP contribution in [-0.2, 0) is 0 Å². The number of likely N-dealkylation sites (N-methyl/N-ethyl adjacent to an activating group) is 1. The van der Waals surface area contributed by atoms with Crippen LogP contribution < -0.4 is 5.32 Å². The van der Waals surface area contributed by atoms with Gasteiger partial charge in [-0.2, -0.15) is 0 Å². The number of hydrogen-bond donors (Lipinski definition) is 2. The molecule has 1 rings (SSSR count). The van der Waals surface area contributed by atoms with Crippen LogP contribution in [-0.4, -0.2) is 24.9 Å². The average molecular weight is 164 g/mol. The van der Waals surface area contributed by atoms with Crippen LogP contribution in [0.2, 0.25) is 0 Å². The number of H-pyrrole nitrogens is 1. The highest BCUT2D eigenvalue weighted by molar-refractivity contribution is 5.73. The summed E-state index contributed by atoms with van der Waals surface area (Å²) in [5.41, 5.74) is 1.63. The molecular weight excluding hydrogens is 152 g/mol. The van der Waals surface area contributed by atoms with Crippen molar-refractivity contribution < 1.29 is 4.79 Å². The van der Waals surface area contributed by atoms with Crippen molar-refractivity contribution in [2.24, 2.45) is 0 Å². The SMILES string of the molecule is CNCC=Cc1c[nH]c(C=O)c1. The molecule has 0 amide bonds. The first-order valence-corrected chi connectivity index (χ1v) is 3.81. The zero-order valence-electron chi connectivity index (χ0n) is 7.00. The molecule has 0 aliphatic rings. The van der Waals surface area contributed by atoms with Crippen LogP contribution in [0.25, 0.3) is 6.08 Å². The molecule has 64 valence electrons. The van der Waals surface area contributed by atoms with E-state index < -0.39 is 0 Å². The number of carbonyl (C=O) groups is 1. The fourth-order valence-corrected chi connectivity index (χ4v) is 0.907. The van der Waals surface area contributed by atoms with Crippen LogP contribution >= 0.6 is 0 Å². The fourth-order valence-electron chi connectivity index (χ4n) is 0.907. The van der Waals surface area contributed by atoms with Crippen molar-refractivity contribution in [1.82, 2.24) is 10.3 Å². The lowest BCUT2D eigenvalue weighted by Crippen LogP contribution is -2.03. The van der Waals surface area contributed by atoms with Crippen LogP contribution in [0, 0.1) is 0 Å². The van der Waals surface area contributed by atoms with Gasteiger partial charge in [0.25, 0.3) is 0 Å². The van der Waals surface area contributed by atoms with E-state index in [9.17, 15) is 4.79 Å². The lowest BCUT2D eigenvalue weighted by molar-refractivity contribution is 0.111. The Morgan fingerprint density at radius 2 is 2.50 bits per heavy atom. The molecule has 0 unspecified atom stereocenters. The first-order valence-electron chi connectivity index (χ1n) is 3.81. The fraction of sp³-hybridized carbons (Fsp3) is 0.222. The monoisotopic (exact) mass is 164 g/mol. The minimum atomic E-state index is 0.610. The van der Waals surface area contributed by atoms with Gasteiger partial charge in [0.15, 0.2) is 6.29 Å². The van der Waals surface area contributed by atoms with Gasteiger partial charge in [0.1, 0.15) is 0 Å². The van der Waals surface area contributed by atoms with Crippen LogP contribution in [0.1, 0.15) is 16.1 Å². The molecule has 1 aromatic heterocycles. The highest BCUT2D eigenvalue weighted by atomic mass is 16.1. The molecule has 1 heterocycles. The Labute approximate surface area is 71.5 Å². The summed E-state index contributed by atoms with van der Waals surface area (Å²) in [6, 6.07) is 1.80. The van der Waals surface area contributed by atoms with E-state index in [0.29, 0.717) is 5.69 Å². The Kier molecular flexibility index (Phi) is 3.29. The van der Waals surface area contributed by atoms with Crippen LogP contribution in [0.3, 0.4) is 0 Å². The third-order valence-corrected chi connectivity index (χ3v) is 1.49. The molecule has 0 bridgehead atoms. The first-order chi connectivity index (χ1) is 5.86. The van der Waals surface area contributed by atoms with Gasteiger partial charge in [-0.1, -0.05) is 12.2 Å². The van der Waals surface area contributed by atoms with Crippen molar-refractivity contribution in [2.45, 2.75) is 0 Å². The zero-order chi connectivity index (χ0) is 8.81. The van der Waals surface area contributed by atoms with Crippen LogP contribution in [0.4, 0.5) is 0 Å². The maximum atomic E-state index is 10.3. The van der Waals surface area contributed by atoms with Crippen molar-refractivity contribution in [2.75, 3.05) is 13.6 Å². The number of aromatic amines is 1. The number of nitrogens with one attached hydrogen (secondary N) is 2.